The van der Waals surface area contributed by atoms with Crippen LogP contribution in [-0.2, 0) is 13.0 Å². The fourth-order valence-corrected chi connectivity index (χ4v) is 1.28. The highest BCUT2D eigenvalue weighted by Gasteiger charge is 1.97. The van der Waals surface area contributed by atoms with Gasteiger partial charge < -0.3 is 0 Å². The molecule has 0 radical (unpaired) electrons. The third-order valence-corrected chi connectivity index (χ3v) is 2.78. The van der Waals surface area contributed by atoms with Gasteiger partial charge in [-0.3, -0.25) is 4.99 Å². The Morgan fingerprint density at radius 2 is 1.67 bits per heavy atom. The molecule has 0 aromatic heterocycles. The van der Waals surface area contributed by atoms with Gasteiger partial charge in [-0.25, -0.2) is 0 Å². The molecule has 1 aromatic carbocycles. The van der Waals surface area contributed by atoms with Gasteiger partial charge in [-0.05, 0) is 30.4 Å². The minimum absolute atomic E-state index is 0.555. The van der Waals surface area contributed by atoms with Crippen molar-refractivity contribution in [1.29, 1.82) is 0 Å². The molecule has 0 bridgehead atoms. The van der Waals surface area contributed by atoms with Crippen molar-refractivity contribution in [2.75, 3.05) is 0 Å². The summed E-state index contributed by atoms with van der Waals surface area (Å²) in [5.74, 6) is 0.555. The number of aryl methyl sites for hydroxylation is 1. The first kappa shape index (κ1) is 12.0. The third kappa shape index (κ3) is 3.86. The van der Waals surface area contributed by atoms with Crippen LogP contribution in [0.5, 0.6) is 0 Å². The summed E-state index contributed by atoms with van der Waals surface area (Å²) in [5, 5.41) is 0. The lowest BCUT2D eigenvalue weighted by molar-refractivity contribution is 0.861. The predicted octanol–water partition coefficient (Wildman–Crippen LogP) is 3.87. The summed E-state index contributed by atoms with van der Waals surface area (Å²) in [4.78, 5) is 4.57. The van der Waals surface area contributed by atoms with E-state index in [-0.39, 0.29) is 0 Å². The summed E-state index contributed by atoms with van der Waals surface area (Å²) in [6.45, 7) is 9.45. The molecule has 0 heterocycles. The summed E-state index contributed by atoms with van der Waals surface area (Å²) < 4.78 is 0. The SMILES string of the molecule is CCc1ccc(CN=C(C)C(C)C)cc1. The standard InChI is InChI=1S/C14H21N/c1-5-13-6-8-14(9-7-13)10-15-12(4)11(2)3/h6-9,11H,5,10H2,1-4H3. The molecule has 0 aliphatic rings. The Morgan fingerprint density at radius 3 is 2.13 bits per heavy atom. The molecule has 0 saturated heterocycles. The minimum atomic E-state index is 0.555. The Kier molecular flexibility index (Phi) is 4.54. The third-order valence-electron chi connectivity index (χ3n) is 2.78. The molecule has 0 aliphatic heterocycles. The quantitative estimate of drug-likeness (QED) is 0.659. The van der Waals surface area contributed by atoms with E-state index < -0.39 is 0 Å². The molecule has 15 heavy (non-hydrogen) atoms. The molecule has 1 heteroatoms. The molecule has 0 saturated carbocycles. The Labute approximate surface area is 93.2 Å². The highest BCUT2D eigenvalue weighted by Crippen LogP contribution is 2.07. The van der Waals surface area contributed by atoms with E-state index in [1.165, 1.54) is 16.8 Å². The van der Waals surface area contributed by atoms with E-state index in [2.05, 4.69) is 57.0 Å². The van der Waals surface area contributed by atoms with Crippen molar-refractivity contribution in [2.45, 2.75) is 40.7 Å². The van der Waals surface area contributed by atoms with Crippen LogP contribution in [0.15, 0.2) is 29.3 Å². The van der Waals surface area contributed by atoms with Gasteiger partial charge in [-0.1, -0.05) is 45.0 Å². The monoisotopic (exact) mass is 203 g/mol. The lowest BCUT2D eigenvalue weighted by atomic mass is 10.1. The first-order valence-electron chi connectivity index (χ1n) is 5.72. The van der Waals surface area contributed by atoms with E-state index in [1.807, 2.05) is 0 Å². The normalized spacial score (nSPS) is 12.2. The van der Waals surface area contributed by atoms with Gasteiger partial charge in [0, 0.05) is 5.71 Å². The van der Waals surface area contributed by atoms with Crippen LogP contribution in [0.25, 0.3) is 0 Å². The zero-order valence-corrected chi connectivity index (χ0v) is 10.2. The van der Waals surface area contributed by atoms with E-state index in [9.17, 15) is 0 Å². The van der Waals surface area contributed by atoms with Crippen LogP contribution in [0.1, 0.15) is 38.8 Å². The van der Waals surface area contributed by atoms with Crippen LogP contribution in [0.3, 0.4) is 0 Å². The van der Waals surface area contributed by atoms with Crippen molar-refractivity contribution >= 4 is 5.71 Å². The largest absolute Gasteiger partial charge is 0.289 e. The second-order valence-corrected chi connectivity index (χ2v) is 4.28. The van der Waals surface area contributed by atoms with E-state index >= 15 is 0 Å². The lowest BCUT2D eigenvalue weighted by Gasteiger charge is -2.04. The van der Waals surface area contributed by atoms with Crippen LogP contribution in [0, 0.1) is 5.92 Å². The number of hydrogen-bond donors (Lipinski definition) is 0. The number of aliphatic imine (C=N–C) groups is 1. The van der Waals surface area contributed by atoms with Gasteiger partial charge >= 0.3 is 0 Å². The Balaban J connectivity index is 2.62. The zero-order valence-electron chi connectivity index (χ0n) is 10.2. The van der Waals surface area contributed by atoms with Gasteiger partial charge in [0.2, 0.25) is 0 Å². The van der Waals surface area contributed by atoms with Crippen LogP contribution in [0.4, 0.5) is 0 Å². The van der Waals surface area contributed by atoms with Crippen LogP contribution < -0.4 is 0 Å². The van der Waals surface area contributed by atoms with Crippen LogP contribution in [0.2, 0.25) is 0 Å². The molecule has 0 aliphatic carbocycles. The molecule has 1 nitrogen and oxygen atoms in total. The van der Waals surface area contributed by atoms with Gasteiger partial charge in [-0.15, -0.1) is 0 Å². The average molecular weight is 203 g/mol. The van der Waals surface area contributed by atoms with Crippen molar-refractivity contribution in [2.24, 2.45) is 10.9 Å². The molecule has 0 spiro atoms. The molecule has 0 amide bonds. The van der Waals surface area contributed by atoms with Gasteiger partial charge in [0.1, 0.15) is 0 Å². The summed E-state index contributed by atoms with van der Waals surface area (Å²) in [5.41, 5.74) is 3.92. The second-order valence-electron chi connectivity index (χ2n) is 4.28. The Bertz CT molecular complexity index is 320. The van der Waals surface area contributed by atoms with Gasteiger partial charge in [-0.2, -0.15) is 0 Å². The topological polar surface area (TPSA) is 12.4 Å². The Morgan fingerprint density at radius 1 is 1.13 bits per heavy atom. The molecule has 0 N–H and O–H groups in total. The molecule has 0 fully saturated rings. The molecule has 82 valence electrons. The predicted molar refractivity (Wildman–Crippen MR) is 67.5 cm³/mol. The van der Waals surface area contributed by atoms with Crippen LogP contribution >= 0.6 is 0 Å². The van der Waals surface area contributed by atoms with E-state index in [0.717, 1.165) is 13.0 Å². The number of rotatable bonds is 4. The summed E-state index contributed by atoms with van der Waals surface area (Å²) >= 11 is 0. The first-order valence-corrected chi connectivity index (χ1v) is 5.72. The number of hydrogen-bond acceptors (Lipinski definition) is 1. The fourth-order valence-electron chi connectivity index (χ4n) is 1.28. The lowest BCUT2D eigenvalue weighted by Crippen LogP contribution is -2.02. The smallest absolute Gasteiger partial charge is 0.0639 e. The maximum atomic E-state index is 4.57. The van der Waals surface area contributed by atoms with Crippen molar-refractivity contribution in [3.63, 3.8) is 0 Å². The van der Waals surface area contributed by atoms with Gasteiger partial charge in [0.15, 0.2) is 0 Å². The summed E-state index contributed by atoms with van der Waals surface area (Å²) in [6.07, 6.45) is 1.11. The van der Waals surface area contributed by atoms with E-state index in [1.54, 1.807) is 0 Å². The number of benzene rings is 1. The maximum Gasteiger partial charge on any atom is 0.0639 e. The van der Waals surface area contributed by atoms with E-state index in [4.69, 9.17) is 0 Å². The minimum Gasteiger partial charge on any atom is -0.289 e. The van der Waals surface area contributed by atoms with Crippen molar-refractivity contribution < 1.29 is 0 Å². The highest BCUT2D eigenvalue weighted by atomic mass is 14.7. The van der Waals surface area contributed by atoms with Gasteiger partial charge in [0.25, 0.3) is 0 Å². The summed E-state index contributed by atoms with van der Waals surface area (Å²) in [7, 11) is 0. The highest BCUT2D eigenvalue weighted by molar-refractivity contribution is 5.83. The molecule has 0 unspecified atom stereocenters. The average Bonchev–Trinajstić information content (AvgIpc) is 2.26. The first-order chi connectivity index (χ1) is 7.13. The van der Waals surface area contributed by atoms with Crippen molar-refractivity contribution in [3.8, 4) is 0 Å². The fraction of sp³-hybridized carbons (Fsp3) is 0.500. The Hall–Kier alpha value is -1.11. The molecule has 1 rings (SSSR count). The van der Waals surface area contributed by atoms with Crippen molar-refractivity contribution in [1.82, 2.24) is 0 Å². The van der Waals surface area contributed by atoms with Crippen LogP contribution in [-0.4, -0.2) is 5.71 Å². The maximum absolute atomic E-state index is 4.57. The van der Waals surface area contributed by atoms with Gasteiger partial charge in [0.05, 0.1) is 6.54 Å². The van der Waals surface area contributed by atoms with Crippen molar-refractivity contribution in [3.05, 3.63) is 35.4 Å². The molecular weight excluding hydrogens is 182 g/mol. The summed E-state index contributed by atoms with van der Waals surface area (Å²) in [6, 6.07) is 8.73. The second kappa shape index (κ2) is 5.69. The van der Waals surface area contributed by atoms with E-state index in [0.29, 0.717) is 5.92 Å². The molecular formula is C14H21N. The zero-order chi connectivity index (χ0) is 11.3. The molecule has 0 atom stereocenters. The molecule has 1 aromatic rings. The number of nitrogens with zero attached hydrogens (tertiary/aromatic N) is 1.